The maximum atomic E-state index is 12.9. The number of hydrogen-bond acceptors (Lipinski definition) is 9. The minimum absolute atomic E-state index is 0.0267. The number of hydrogen-bond donors (Lipinski definition) is 2. The summed E-state index contributed by atoms with van der Waals surface area (Å²) in [6, 6.07) is 24.9. The summed E-state index contributed by atoms with van der Waals surface area (Å²) in [5.41, 5.74) is 4.13. The Bertz CT molecular complexity index is 1630. The maximum Gasteiger partial charge on any atom is 0.411 e. The molecule has 3 aromatic carbocycles. The third-order valence-electron chi connectivity index (χ3n) is 9.76. The molecule has 1 heterocycles. The molecule has 1 saturated heterocycles. The van der Waals surface area contributed by atoms with Gasteiger partial charge in [0, 0.05) is 83.7 Å². The molecule has 1 aliphatic heterocycles. The number of ether oxygens (including phenoxy) is 2. The molecule has 298 valence electrons. The Morgan fingerprint density at radius 1 is 0.764 bits per heavy atom. The first kappa shape index (κ1) is 42.8. The highest BCUT2D eigenvalue weighted by molar-refractivity contribution is 5.94. The lowest BCUT2D eigenvalue weighted by Gasteiger charge is -2.32. The summed E-state index contributed by atoms with van der Waals surface area (Å²) < 4.78 is 10.6. The Kier molecular flexibility index (Phi) is 17.9. The molecule has 0 saturated carbocycles. The molecule has 4 amide bonds. The molecule has 0 radical (unpaired) electrons. The maximum absolute atomic E-state index is 12.9. The largest absolute Gasteiger partial charge is 0.446 e. The highest BCUT2D eigenvalue weighted by atomic mass is 16.7. The van der Waals surface area contributed by atoms with Crippen LogP contribution < -0.4 is 10.6 Å². The quantitative estimate of drug-likeness (QED) is 0.0993. The third kappa shape index (κ3) is 14.3. The van der Waals surface area contributed by atoms with Crippen LogP contribution in [-0.4, -0.2) is 130 Å². The van der Waals surface area contributed by atoms with Gasteiger partial charge in [-0.25, -0.2) is 9.86 Å². The first-order chi connectivity index (χ1) is 26.7. The zero-order chi connectivity index (χ0) is 39.4. The van der Waals surface area contributed by atoms with Crippen molar-refractivity contribution in [1.29, 1.82) is 0 Å². The standard InChI is InChI=1S/C42H58N6O7/c1-45(40(50)32-53-3)26-13-27-48(54-4)41(51)34-19-21-35(22-20-34)43-25-12-6-9-18-39(49)46(2)30-31-47-28-23-36(24-29-47)55-42(52)44-38-17-11-10-16-37(38)33-14-7-5-8-15-33/h5,7-8,10-11,14-17,19-22,36,43H,6,9,12-13,18,23-32H2,1-4H3,(H,44,52). The minimum atomic E-state index is -0.438. The molecule has 3 aromatic rings. The zero-order valence-electron chi connectivity index (χ0n) is 32.8. The molecular formula is C42H58N6O7. The van der Waals surface area contributed by atoms with E-state index in [4.69, 9.17) is 14.3 Å². The number of amides is 4. The van der Waals surface area contributed by atoms with Crippen LogP contribution in [0.5, 0.6) is 0 Å². The Hall–Kier alpha value is -4.98. The number of likely N-dealkylation sites (N-methyl/N-ethyl adjacent to an activating group) is 2. The highest BCUT2D eigenvalue weighted by Gasteiger charge is 2.23. The fourth-order valence-electron chi connectivity index (χ4n) is 6.38. The van der Waals surface area contributed by atoms with Gasteiger partial charge in [-0.2, -0.15) is 0 Å². The van der Waals surface area contributed by atoms with E-state index in [2.05, 4.69) is 15.5 Å². The van der Waals surface area contributed by atoms with Gasteiger partial charge in [0.05, 0.1) is 19.3 Å². The summed E-state index contributed by atoms with van der Waals surface area (Å²) >= 11 is 0. The number of unbranched alkanes of at least 4 members (excludes halogenated alkanes) is 2. The zero-order valence-corrected chi connectivity index (χ0v) is 32.8. The lowest BCUT2D eigenvalue weighted by molar-refractivity contribution is -0.134. The third-order valence-corrected chi connectivity index (χ3v) is 9.76. The predicted molar refractivity (Wildman–Crippen MR) is 215 cm³/mol. The first-order valence-corrected chi connectivity index (χ1v) is 19.2. The molecule has 1 aliphatic rings. The van der Waals surface area contributed by atoms with Crippen LogP contribution in [0, 0.1) is 0 Å². The fourth-order valence-corrected chi connectivity index (χ4v) is 6.38. The van der Waals surface area contributed by atoms with Crippen molar-refractivity contribution in [2.24, 2.45) is 0 Å². The predicted octanol–water partition coefficient (Wildman–Crippen LogP) is 6.00. The van der Waals surface area contributed by atoms with Crippen molar-refractivity contribution in [1.82, 2.24) is 19.8 Å². The molecule has 0 bridgehead atoms. The normalized spacial score (nSPS) is 13.2. The summed E-state index contributed by atoms with van der Waals surface area (Å²) in [6.07, 6.45) is 4.69. The molecule has 13 nitrogen and oxygen atoms in total. The van der Waals surface area contributed by atoms with E-state index in [0.717, 1.165) is 80.8 Å². The number of carbonyl (C=O) groups excluding carboxylic acids is 4. The molecule has 2 N–H and O–H groups in total. The highest BCUT2D eigenvalue weighted by Crippen LogP contribution is 2.28. The van der Waals surface area contributed by atoms with Gasteiger partial charge >= 0.3 is 6.09 Å². The molecule has 1 fully saturated rings. The first-order valence-electron chi connectivity index (χ1n) is 19.2. The van der Waals surface area contributed by atoms with E-state index in [-0.39, 0.29) is 30.4 Å². The second kappa shape index (κ2) is 23.1. The number of methoxy groups -OCH3 is 1. The van der Waals surface area contributed by atoms with Crippen LogP contribution in [0.3, 0.4) is 0 Å². The summed E-state index contributed by atoms with van der Waals surface area (Å²) in [5, 5.41) is 7.61. The summed E-state index contributed by atoms with van der Waals surface area (Å²) in [6.45, 7) is 4.71. The summed E-state index contributed by atoms with van der Waals surface area (Å²) in [4.78, 5) is 61.3. The number of piperidine rings is 1. The van der Waals surface area contributed by atoms with Gasteiger partial charge in [0.25, 0.3) is 5.91 Å². The molecule has 4 rings (SSSR count). The van der Waals surface area contributed by atoms with E-state index in [1.54, 1.807) is 24.1 Å². The second-order valence-corrected chi connectivity index (χ2v) is 13.8. The van der Waals surface area contributed by atoms with Crippen molar-refractivity contribution in [2.75, 3.05) is 91.4 Å². The van der Waals surface area contributed by atoms with Crippen LogP contribution in [-0.2, 0) is 23.9 Å². The fraction of sp³-hybridized carbons (Fsp3) is 0.476. The van der Waals surface area contributed by atoms with E-state index in [9.17, 15) is 19.2 Å². The lowest BCUT2D eigenvalue weighted by atomic mass is 10.0. The lowest BCUT2D eigenvalue weighted by Crippen LogP contribution is -2.42. The minimum Gasteiger partial charge on any atom is -0.446 e. The van der Waals surface area contributed by atoms with Crippen molar-refractivity contribution >= 4 is 35.2 Å². The van der Waals surface area contributed by atoms with Crippen molar-refractivity contribution < 1.29 is 33.5 Å². The van der Waals surface area contributed by atoms with E-state index in [1.165, 1.54) is 19.3 Å². The number of carbonyl (C=O) groups is 4. The van der Waals surface area contributed by atoms with Crippen LogP contribution in [0.1, 0.15) is 55.3 Å². The summed E-state index contributed by atoms with van der Waals surface area (Å²) in [7, 11) is 6.51. The smallest absolute Gasteiger partial charge is 0.411 e. The van der Waals surface area contributed by atoms with E-state index < -0.39 is 6.09 Å². The number of anilines is 2. The number of benzene rings is 3. The summed E-state index contributed by atoms with van der Waals surface area (Å²) in [5.74, 6) is -0.209. The average Bonchev–Trinajstić information content (AvgIpc) is 3.20. The molecule has 0 spiro atoms. The number of para-hydroxylation sites is 1. The van der Waals surface area contributed by atoms with Crippen LogP contribution in [0.4, 0.5) is 16.2 Å². The molecule has 13 heteroatoms. The molecule has 0 aliphatic carbocycles. The number of nitrogens with zero attached hydrogens (tertiary/aromatic N) is 4. The van der Waals surface area contributed by atoms with E-state index >= 15 is 0 Å². The van der Waals surface area contributed by atoms with Gasteiger partial charge in [-0.15, -0.1) is 0 Å². The molecule has 55 heavy (non-hydrogen) atoms. The Balaban J connectivity index is 1.04. The van der Waals surface area contributed by atoms with Crippen molar-refractivity contribution in [3.63, 3.8) is 0 Å². The van der Waals surface area contributed by atoms with Gasteiger partial charge < -0.3 is 29.5 Å². The van der Waals surface area contributed by atoms with Gasteiger partial charge in [-0.3, -0.25) is 24.5 Å². The number of rotatable bonds is 21. The second-order valence-electron chi connectivity index (χ2n) is 13.8. The van der Waals surface area contributed by atoms with Crippen molar-refractivity contribution in [3.8, 4) is 11.1 Å². The van der Waals surface area contributed by atoms with Gasteiger partial charge in [0.15, 0.2) is 0 Å². The van der Waals surface area contributed by atoms with Crippen LogP contribution in [0.2, 0.25) is 0 Å². The van der Waals surface area contributed by atoms with Gasteiger partial charge in [-0.05, 0) is 68.0 Å². The van der Waals surface area contributed by atoms with Gasteiger partial charge in [0.2, 0.25) is 11.8 Å². The Morgan fingerprint density at radius 2 is 1.45 bits per heavy atom. The molecular weight excluding hydrogens is 700 g/mol. The number of hydroxylamine groups is 2. The SMILES string of the molecule is COCC(=O)N(C)CCCN(OC)C(=O)c1ccc(NCCCCCC(=O)N(C)CCN2CCC(OC(=O)Nc3ccccc3-c3ccccc3)CC2)cc1. The topological polar surface area (TPSA) is 133 Å². The molecule has 0 atom stereocenters. The average molecular weight is 759 g/mol. The molecule has 0 aromatic heterocycles. The van der Waals surface area contributed by atoms with Gasteiger partial charge in [-0.1, -0.05) is 55.0 Å². The van der Waals surface area contributed by atoms with E-state index in [1.807, 2.05) is 78.7 Å². The van der Waals surface area contributed by atoms with Crippen LogP contribution in [0.15, 0.2) is 78.9 Å². The van der Waals surface area contributed by atoms with Crippen LogP contribution in [0.25, 0.3) is 11.1 Å². The van der Waals surface area contributed by atoms with E-state index in [0.29, 0.717) is 38.0 Å². The van der Waals surface area contributed by atoms with Gasteiger partial charge in [0.1, 0.15) is 12.7 Å². The monoisotopic (exact) mass is 758 g/mol. The Labute approximate surface area is 325 Å². The van der Waals surface area contributed by atoms with Crippen molar-refractivity contribution in [2.45, 2.75) is 51.0 Å². The van der Waals surface area contributed by atoms with Crippen molar-refractivity contribution in [3.05, 3.63) is 84.4 Å². The molecule has 0 unspecified atom stereocenters. The number of nitrogens with one attached hydrogen (secondary N) is 2. The number of likely N-dealkylation sites (tertiary alicyclic amines) is 1. The Morgan fingerprint density at radius 3 is 2.16 bits per heavy atom. The van der Waals surface area contributed by atoms with Crippen LogP contribution >= 0.6 is 0 Å².